The van der Waals surface area contributed by atoms with Gasteiger partial charge in [0.1, 0.15) is 35.3 Å². The smallest absolute Gasteiger partial charge is 0.342 e. The molecule has 0 saturated carbocycles. The monoisotopic (exact) mass is 272 g/mol. The molecular weight excluding hydrogens is 267 g/mol. The lowest BCUT2D eigenvalue weighted by molar-refractivity contribution is 0.0688. The number of nitriles is 3. The second kappa shape index (κ2) is 5.85. The summed E-state index contributed by atoms with van der Waals surface area (Å²) in [6.07, 6.45) is 0. The van der Waals surface area contributed by atoms with Crippen LogP contribution >= 0.6 is 0 Å². The second-order valence-electron chi connectivity index (χ2n) is 3.33. The van der Waals surface area contributed by atoms with Crippen LogP contribution in [0.5, 0.6) is 5.75 Å². The number of aromatic hydroxyl groups is 1. The lowest BCUT2D eigenvalue weighted by atomic mass is 10.1. The number of carboxylic acids is 1. The van der Waals surface area contributed by atoms with Gasteiger partial charge in [0.2, 0.25) is 0 Å². The zero-order valence-corrected chi connectivity index (χ0v) is 9.68. The summed E-state index contributed by atoms with van der Waals surface area (Å²) < 4.78 is 13.2. The highest BCUT2D eigenvalue weighted by atomic mass is 19.1. The molecule has 8 heteroatoms. The molecule has 1 aromatic carbocycles. The molecule has 0 amide bonds. The molecule has 0 fully saturated rings. The fourth-order valence-electron chi connectivity index (χ4n) is 1.29. The van der Waals surface area contributed by atoms with Gasteiger partial charge in [-0.15, -0.1) is 0 Å². The Labute approximate surface area is 112 Å². The van der Waals surface area contributed by atoms with Crippen molar-refractivity contribution in [3.05, 3.63) is 34.8 Å². The number of halogens is 1. The highest BCUT2D eigenvalue weighted by molar-refractivity contribution is 5.93. The summed E-state index contributed by atoms with van der Waals surface area (Å²) in [7, 11) is 0. The number of nitrogens with zero attached hydrogens (tertiary/aromatic N) is 3. The SMILES string of the molecule is N#CC(C#N)=C(C#N)Nc1ccc(F)c(C(=O)O)c1O. The normalized spacial score (nSPS) is 8.70. The molecule has 0 heterocycles. The van der Waals surface area contributed by atoms with Gasteiger partial charge in [0.05, 0.1) is 5.69 Å². The molecule has 0 atom stereocenters. The predicted octanol–water partition coefficient (Wildman–Crippen LogP) is 1.47. The number of anilines is 1. The minimum atomic E-state index is -1.70. The van der Waals surface area contributed by atoms with Crippen molar-refractivity contribution in [3.63, 3.8) is 0 Å². The number of phenols is 1. The molecule has 1 aromatic rings. The van der Waals surface area contributed by atoms with Gasteiger partial charge >= 0.3 is 5.97 Å². The van der Waals surface area contributed by atoms with Crippen LogP contribution in [0.2, 0.25) is 0 Å². The standard InChI is InChI=1S/C12H5FN4O3/c13-7-1-2-8(11(18)10(7)12(19)20)17-9(5-16)6(3-14)4-15/h1-2,17-18H,(H,19,20). The fraction of sp³-hybridized carbons (Fsp3) is 0. The topological polar surface area (TPSA) is 141 Å². The van der Waals surface area contributed by atoms with Crippen molar-refractivity contribution in [2.45, 2.75) is 0 Å². The first-order valence-electron chi connectivity index (χ1n) is 4.92. The summed E-state index contributed by atoms with van der Waals surface area (Å²) in [4.78, 5) is 10.8. The molecule has 0 bridgehead atoms. The Bertz CT molecular complexity index is 719. The third-order valence-electron chi connectivity index (χ3n) is 2.19. The summed E-state index contributed by atoms with van der Waals surface area (Å²) in [6.45, 7) is 0. The van der Waals surface area contributed by atoms with Crippen LogP contribution in [-0.2, 0) is 0 Å². The molecule has 0 aliphatic rings. The number of hydrogen-bond acceptors (Lipinski definition) is 6. The average Bonchev–Trinajstić information content (AvgIpc) is 2.41. The maximum absolute atomic E-state index is 13.2. The lowest BCUT2D eigenvalue weighted by Crippen LogP contribution is -2.06. The summed E-state index contributed by atoms with van der Waals surface area (Å²) in [5.41, 5.74) is -2.35. The molecule has 0 aromatic heterocycles. The molecule has 0 spiro atoms. The van der Waals surface area contributed by atoms with E-state index in [2.05, 4.69) is 5.32 Å². The lowest BCUT2D eigenvalue weighted by Gasteiger charge is -2.09. The summed E-state index contributed by atoms with van der Waals surface area (Å²) >= 11 is 0. The van der Waals surface area contributed by atoms with E-state index < -0.39 is 34.4 Å². The van der Waals surface area contributed by atoms with E-state index in [0.29, 0.717) is 0 Å². The number of nitrogens with one attached hydrogen (secondary N) is 1. The van der Waals surface area contributed by atoms with Crippen molar-refractivity contribution in [3.8, 4) is 24.0 Å². The Kier molecular flexibility index (Phi) is 4.24. The summed E-state index contributed by atoms with van der Waals surface area (Å²) in [5, 5.41) is 46.6. The van der Waals surface area contributed by atoms with Crippen LogP contribution in [0.4, 0.5) is 10.1 Å². The van der Waals surface area contributed by atoms with E-state index in [1.54, 1.807) is 0 Å². The molecule has 0 aliphatic heterocycles. The molecule has 98 valence electrons. The molecule has 0 unspecified atom stereocenters. The Morgan fingerprint density at radius 1 is 1.20 bits per heavy atom. The Hall–Kier alpha value is -3.57. The molecule has 1 rings (SSSR count). The van der Waals surface area contributed by atoms with Crippen LogP contribution in [-0.4, -0.2) is 16.2 Å². The number of benzene rings is 1. The van der Waals surface area contributed by atoms with E-state index in [1.807, 2.05) is 0 Å². The van der Waals surface area contributed by atoms with Crippen molar-refractivity contribution >= 4 is 11.7 Å². The van der Waals surface area contributed by atoms with Gasteiger partial charge in [-0.3, -0.25) is 0 Å². The first-order chi connectivity index (χ1) is 9.46. The van der Waals surface area contributed by atoms with Crippen molar-refractivity contribution in [1.29, 1.82) is 15.8 Å². The van der Waals surface area contributed by atoms with Crippen molar-refractivity contribution in [2.24, 2.45) is 0 Å². The second-order valence-corrected chi connectivity index (χ2v) is 3.33. The van der Waals surface area contributed by atoms with Gasteiger partial charge in [0, 0.05) is 0 Å². The van der Waals surface area contributed by atoms with Crippen LogP contribution in [0.15, 0.2) is 23.4 Å². The molecule has 20 heavy (non-hydrogen) atoms. The molecule has 0 radical (unpaired) electrons. The highest BCUT2D eigenvalue weighted by Gasteiger charge is 2.20. The van der Waals surface area contributed by atoms with Crippen molar-refractivity contribution in [1.82, 2.24) is 0 Å². The van der Waals surface area contributed by atoms with Crippen molar-refractivity contribution < 1.29 is 19.4 Å². The number of hydrogen-bond donors (Lipinski definition) is 3. The van der Waals surface area contributed by atoms with E-state index in [1.165, 1.54) is 18.2 Å². The minimum Gasteiger partial charge on any atom is -0.505 e. The molecule has 0 saturated heterocycles. The first kappa shape index (κ1) is 14.5. The number of aromatic carboxylic acids is 1. The third-order valence-corrected chi connectivity index (χ3v) is 2.19. The molecule has 7 nitrogen and oxygen atoms in total. The Morgan fingerprint density at radius 2 is 1.80 bits per heavy atom. The van der Waals surface area contributed by atoms with E-state index >= 15 is 0 Å². The Balaban J connectivity index is 3.40. The van der Waals surface area contributed by atoms with E-state index in [0.717, 1.165) is 12.1 Å². The van der Waals surface area contributed by atoms with Gasteiger partial charge in [-0.25, -0.2) is 9.18 Å². The van der Waals surface area contributed by atoms with Gasteiger partial charge < -0.3 is 15.5 Å². The third kappa shape index (κ3) is 2.63. The van der Waals surface area contributed by atoms with E-state index in [9.17, 15) is 14.3 Å². The fourth-order valence-corrected chi connectivity index (χ4v) is 1.29. The van der Waals surface area contributed by atoms with Crippen LogP contribution in [0.1, 0.15) is 10.4 Å². The van der Waals surface area contributed by atoms with Gasteiger partial charge in [0.15, 0.2) is 11.3 Å². The van der Waals surface area contributed by atoms with Gasteiger partial charge in [-0.05, 0) is 12.1 Å². The summed E-state index contributed by atoms with van der Waals surface area (Å²) in [5.74, 6) is -3.81. The van der Waals surface area contributed by atoms with Crippen LogP contribution in [0, 0.1) is 39.8 Å². The number of carbonyl (C=O) groups is 1. The number of allylic oxidation sites excluding steroid dienone is 2. The molecular formula is C12H5FN4O3. The van der Waals surface area contributed by atoms with E-state index in [4.69, 9.17) is 20.9 Å². The number of rotatable bonds is 3. The Morgan fingerprint density at radius 3 is 2.25 bits per heavy atom. The number of carboxylic acid groups (broad SMARTS) is 1. The maximum atomic E-state index is 13.2. The first-order valence-corrected chi connectivity index (χ1v) is 4.92. The van der Waals surface area contributed by atoms with Crippen LogP contribution in [0.25, 0.3) is 0 Å². The zero-order chi connectivity index (χ0) is 15.3. The molecule has 3 N–H and O–H groups in total. The predicted molar refractivity (Wildman–Crippen MR) is 62.5 cm³/mol. The van der Waals surface area contributed by atoms with Gasteiger partial charge in [-0.2, -0.15) is 15.8 Å². The zero-order valence-electron chi connectivity index (χ0n) is 9.68. The highest BCUT2D eigenvalue weighted by Crippen LogP contribution is 2.31. The quantitative estimate of drug-likeness (QED) is 0.558. The maximum Gasteiger partial charge on any atom is 0.342 e. The van der Waals surface area contributed by atoms with Crippen LogP contribution in [0.3, 0.4) is 0 Å². The van der Waals surface area contributed by atoms with Gasteiger partial charge in [0.25, 0.3) is 0 Å². The van der Waals surface area contributed by atoms with E-state index in [-0.39, 0.29) is 5.69 Å². The summed E-state index contributed by atoms with van der Waals surface area (Å²) in [6, 6.07) is 6.16. The average molecular weight is 272 g/mol. The largest absolute Gasteiger partial charge is 0.505 e. The van der Waals surface area contributed by atoms with Gasteiger partial charge in [-0.1, -0.05) is 0 Å². The van der Waals surface area contributed by atoms with Crippen LogP contribution < -0.4 is 5.32 Å². The van der Waals surface area contributed by atoms with Crippen molar-refractivity contribution in [2.75, 3.05) is 5.32 Å². The molecule has 0 aliphatic carbocycles. The minimum absolute atomic E-state index is 0.316.